The van der Waals surface area contributed by atoms with Crippen LogP contribution in [0.15, 0.2) is 39.8 Å². The molecule has 26 heavy (non-hydrogen) atoms. The van der Waals surface area contributed by atoms with Gasteiger partial charge in [-0.1, -0.05) is 26.0 Å². The van der Waals surface area contributed by atoms with E-state index in [4.69, 9.17) is 23.7 Å². The van der Waals surface area contributed by atoms with Crippen molar-refractivity contribution in [2.45, 2.75) is 26.5 Å². The first-order valence-electron chi connectivity index (χ1n) is 8.44. The fraction of sp³-hybridized carbons (Fsp3) is 0.474. The fourth-order valence-corrected chi connectivity index (χ4v) is 3.16. The minimum absolute atomic E-state index is 0.0225. The summed E-state index contributed by atoms with van der Waals surface area (Å²) in [6.45, 7) is 6.08. The topological polar surface area (TPSA) is 66.1 Å². The van der Waals surface area contributed by atoms with Gasteiger partial charge in [0.15, 0.2) is 5.76 Å². The zero-order valence-electron chi connectivity index (χ0n) is 15.5. The molecule has 1 aliphatic rings. The standard InChI is InChI=1S/C19H24N2O4S/c1-19(2)12-23-11-16(19)20-18(26-4)15-9-17(21-25-15)24-10-13-5-7-14(22-3)8-6-13/h5-9,16H,10-12H2,1-4H3. The highest BCUT2D eigenvalue weighted by molar-refractivity contribution is 8.13. The molecule has 0 amide bonds. The van der Waals surface area contributed by atoms with E-state index in [0.717, 1.165) is 23.0 Å². The molecule has 1 fully saturated rings. The van der Waals surface area contributed by atoms with Gasteiger partial charge in [0, 0.05) is 5.41 Å². The van der Waals surface area contributed by atoms with Crippen LogP contribution in [-0.4, -0.2) is 42.8 Å². The second kappa shape index (κ2) is 8.14. The van der Waals surface area contributed by atoms with Crippen LogP contribution >= 0.6 is 11.8 Å². The zero-order valence-corrected chi connectivity index (χ0v) is 16.3. The molecule has 0 spiro atoms. The fourth-order valence-electron chi connectivity index (χ4n) is 2.63. The molecule has 0 aliphatic carbocycles. The number of nitrogens with zero attached hydrogens (tertiary/aromatic N) is 2. The number of hydrogen-bond donors (Lipinski definition) is 0. The third-order valence-corrected chi connectivity index (χ3v) is 5.06. The zero-order chi connectivity index (χ0) is 18.6. The van der Waals surface area contributed by atoms with Crippen molar-refractivity contribution in [1.82, 2.24) is 5.16 Å². The maximum Gasteiger partial charge on any atom is 0.255 e. The van der Waals surface area contributed by atoms with Crippen LogP contribution < -0.4 is 9.47 Å². The van der Waals surface area contributed by atoms with Gasteiger partial charge in [0.2, 0.25) is 0 Å². The summed E-state index contributed by atoms with van der Waals surface area (Å²) in [5.74, 6) is 1.88. The second-order valence-corrected chi connectivity index (χ2v) is 7.62. The second-order valence-electron chi connectivity index (χ2n) is 6.82. The summed E-state index contributed by atoms with van der Waals surface area (Å²) >= 11 is 1.53. The molecule has 1 aliphatic heterocycles. The van der Waals surface area contributed by atoms with Gasteiger partial charge >= 0.3 is 0 Å². The number of thioether (sulfide) groups is 1. The highest BCUT2D eigenvalue weighted by Crippen LogP contribution is 2.31. The molecular weight excluding hydrogens is 352 g/mol. The van der Waals surface area contributed by atoms with Gasteiger partial charge in [-0.3, -0.25) is 4.99 Å². The molecule has 1 aromatic heterocycles. The van der Waals surface area contributed by atoms with Crippen molar-refractivity contribution in [2.75, 3.05) is 26.6 Å². The van der Waals surface area contributed by atoms with E-state index < -0.39 is 0 Å². The number of methoxy groups -OCH3 is 1. The molecule has 7 heteroatoms. The van der Waals surface area contributed by atoms with Gasteiger partial charge in [-0.15, -0.1) is 11.8 Å². The van der Waals surface area contributed by atoms with Crippen molar-refractivity contribution in [1.29, 1.82) is 0 Å². The van der Waals surface area contributed by atoms with Crippen LogP contribution in [0.2, 0.25) is 0 Å². The summed E-state index contributed by atoms with van der Waals surface area (Å²) in [5, 5.41) is 4.80. The van der Waals surface area contributed by atoms with Gasteiger partial charge < -0.3 is 18.7 Å². The molecule has 0 radical (unpaired) electrons. The summed E-state index contributed by atoms with van der Waals surface area (Å²) in [4.78, 5) is 4.82. The van der Waals surface area contributed by atoms with E-state index in [1.165, 1.54) is 11.8 Å². The number of rotatable bonds is 6. The van der Waals surface area contributed by atoms with Crippen LogP contribution in [0, 0.1) is 5.41 Å². The lowest BCUT2D eigenvalue weighted by Crippen LogP contribution is -2.26. The Labute approximate surface area is 157 Å². The number of ether oxygens (including phenoxy) is 3. The molecule has 2 aromatic rings. The van der Waals surface area contributed by atoms with Crippen LogP contribution in [0.1, 0.15) is 25.2 Å². The average molecular weight is 376 g/mol. The summed E-state index contributed by atoms with van der Waals surface area (Å²) in [6, 6.07) is 9.60. The molecule has 1 saturated heterocycles. The lowest BCUT2D eigenvalue weighted by atomic mass is 9.88. The summed E-state index contributed by atoms with van der Waals surface area (Å²) < 4.78 is 21.9. The molecule has 2 heterocycles. The molecule has 0 N–H and O–H groups in total. The Kier molecular flexibility index (Phi) is 5.88. The van der Waals surface area contributed by atoms with Crippen molar-refractivity contribution >= 4 is 16.8 Å². The Morgan fingerprint density at radius 2 is 2.12 bits per heavy atom. The molecule has 1 atom stereocenters. The van der Waals surface area contributed by atoms with Gasteiger partial charge in [-0.2, -0.15) is 0 Å². The maximum absolute atomic E-state index is 5.72. The van der Waals surface area contributed by atoms with Crippen LogP contribution in [0.25, 0.3) is 0 Å². The third-order valence-electron chi connectivity index (χ3n) is 4.36. The molecular formula is C19H24N2O4S. The van der Waals surface area contributed by atoms with Crippen LogP contribution in [0.5, 0.6) is 11.6 Å². The van der Waals surface area contributed by atoms with Crippen molar-refractivity contribution in [3.63, 3.8) is 0 Å². The highest BCUT2D eigenvalue weighted by Gasteiger charge is 2.36. The Balaban J connectivity index is 1.65. The van der Waals surface area contributed by atoms with Crippen molar-refractivity contribution in [3.8, 4) is 11.6 Å². The maximum atomic E-state index is 5.72. The quantitative estimate of drug-likeness (QED) is 0.564. The van der Waals surface area contributed by atoms with Crippen LogP contribution in [-0.2, 0) is 11.3 Å². The van der Waals surface area contributed by atoms with E-state index >= 15 is 0 Å². The minimum Gasteiger partial charge on any atom is -0.497 e. The minimum atomic E-state index is 0.0225. The van der Waals surface area contributed by atoms with Crippen molar-refractivity contribution in [2.24, 2.45) is 10.4 Å². The first kappa shape index (κ1) is 18.8. The van der Waals surface area contributed by atoms with Crippen LogP contribution in [0.3, 0.4) is 0 Å². The highest BCUT2D eigenvalue weighted by atomic mass is 32.2. The third kappa shape index (κ3) is 4.40. The number of hydrogen-bond acceptors (Lipinski definition) is 7. The van der Waals surface area contributed by atoms with E-state index in [0.29, 0.717) is 24.9 Å². The van der Waals surface area contributed by atoms with Crippen molar-refractivity contribution < 1.29 is 18.7 Å². The van der Waals surface area contributed by atoms with E-state index in [1.54, 1.807) is 13.2 Å². The Hall–Kier alpha value is -1.99. The predicted octanol–water partition coefficient (Wildman–Crippen LogP) is 3.80. The molecule has 140 valence electrons. The SMILES string of the molecule is COc1ccc(COc2cc(C(=NC3COCC3(C)C)SC)on2)cc1. The summed E-state index contributed by atoms with van der Waals surface area (Å²) in [7, 11) is 1.64. The normalized spacial score (nSPS) is 19.5. The Morgan fingerprint density at radius 1 is 1.35 bits per heavy atom. The molecule has 6 nitrogen and oxygen atoms in total. The van der Waals surface area contributed by atoms with Crippen LogP contribution in [0.4, 0.5) is 0 Å². The monoisotopic (exact) mass is 376 g/mol. The molecule has 0 bridgehead atoms. The van der Waals surface area contributed by atoms with E-state index in [1.807, 2.05) is 30.5 Å². The smallest absolute Gasteiger partial charge is 0.255 e. The number of aliphatic imine (C=N–C) groups is 1. The largest absolute Gasteiger partial charge is 0.497 e. The van der Waals surface area contributed by atoms with Gasteiger partial charge in [0.1, 0.15) is 17.4 Å². The summed E-state index contributed by atoms with van der Waals surface area (Å²) in [5.41, 5.74) is 1.05. The van der Waals surface area contributed by atoms with Gasteiger partial charge in [0.05, 0.1) is 32.4 Å². The van der Waals surface area contributed by atoms with Gasteiger partial charge in [-0.25, -0.2) is 0 Å². The van der Waals surface area contributed by atoms with E-state index in [2.05, 4.69) is 19.0 Å². The molecule has 3 rings (SSSR count). The number of aromatic nitrogens is 1. The predicted molar refractivity (Wildman–Crippen MR) is 102 cm³/mol. The summed E-state index contributed by atoms with van der Waals surface area (Å²) in [6.07, 6.45) is 1.97. The van der Waals surface area contributed by atoms with Gasteiger partial charge in [0.25, 0.3) is 5.88 Å². The van der Waals surface area contributed by atoms with E-state index in [9.17, 15) is 0 Å². The van der Waals surface area contributed by atoms with Crippen molar-refractivity contribution in [3.05, 3.63) is 41.7 Å². The van der Waals surface area contributed by atoms with Gasteiger partial charge in [-0.05, 0) is 29.1 Å². The Bertz CT molecular complexity index is 755. The van der Waals surface area contributed by atoms with E-state index in [-0.39, 0.29) is 11.5 Å². The Morgan fingerprint density at radius 3 is 2.73 bits per heavy atom. The average Bonchev–Trinajstić information content (AvgIpc) is 3.24. The number of benzene rings is 1. The first-order valence-corrected chi connectivity index (χ1v) is 9.66. The lowest BCUT2D eigenvalue weighted by molar-refractivity contribution is 0.167. The lowest BCUT2D eigenvalue weighted by Gasteiger charge is -2.21. The molecule has 0 saturated carbocycles. The first-order chi connectivity index (χ1) is 12.5. The molecule has 1 aromatic carbocycles. The molecule has 1 unspecified atom stereocenters.